The Kier molecular flexibility index (Phi) is 26.7. The Hall–Kier alpha value is -6.97. The number of nitrogen functional groups attached to an aromatic ring is 3. The van der Waals surface area contributed by atoms with E-state index in [9.17, 15) is 33.3 Å². The molecule has 0 aliphatic carbocycles. The molecule has 6 aromatic heterocycles. The minimum Gasteiger partial charge on any atom is -0.397 e. The van der Waals surface area contributed by atoms with Crippen molar-refractivity contribution in [1.29, 1.82) is 0 Å². The van der Waals surface area contributed by atoms with Gasteiger partial charge in [-0.2, -0.15) is 9.97 Å². The number of para-hydroxylation sites is 1. The maximum absolute atomic E-state index is 16.3. The molecule has 5 fully saturated rings. The van der Waals surface area contributed by atoms with Crippen molar-refractivity contribution in [2.24, 2.45) is 0 Å². The number of aryl methyl sites for hydroxylation is 2. The van der Waals surface area contributed by atoms with Crippen LogP contribution in [0, 0.1) is 13.8 Å². The van der Waals surface area contributed by atoms with E-state index in [1.807, 2.05) is 0 Å². The zero-order valence-corrected chi connectivity index (χ0v) is 70.7. The summed E-state index contributed by atoms with van der Waals surface area (Å²) in [4.78, 5) is 104. The lowest BCUT2D eigenvalue weighted by molar-refractivity contribution is -0.132. The first-order valence-electron chi connectivity index (χ1n) is 36.8. The van der Waals surface area contributed by atoms with Crippen molar-refractivity contribution in [3.63, 3.8) is 0 Å². The molecule has 634 valence electrons. The maximum Gasteiger partial charge on any atom is 0.351 e. The van der Waals surface area contributed by atoms with Crippen LogP contribution in [0.15, 0.2) is 84.3 Å². The van der Waals surface area contributed by atoms with Gasteiger partial charge in [0.1, 0.15) is 23.8 Å². The number of nitrogens with one attached hydrogen (secondary N) is 4. The fourth-order valence-corrected chi connectivity index (χ4v) is 23.9. The van der Waals surface area contributed by atoms with Crippen molar-refractivity contribution in [3.05, 3.63) is 129 Å². The number of hydrogen-bond acceptors (Lipinski definition) is 29. The van der Waals surface area contributed by atoms with Crippen LogP contribution in [-0.2, 0) is 69.1 Å². The van der Waals surface area contributed by atoms with E-state index in [1.54, 1.807) is 80.4 Å². The molecule has 1 aromatic carbocycles. The minimum absolute atomic E-state index is 0.0541. The van der Waals surface area contributed by atoms with Gasteiger partial charge in [0.05, 0.1) is 114 Å². The van der Waals surface area contributed by atoms with Gasteiger partial charge in [-0.3, -0.25) is 70.4 Å². The molecular weight excluding hydrogens is 1610 g/mol. The summed E-state index contributed by atoms with van der Waals surface area (Å²) in [7, 11) is -5.34. The highest BCUT2D eigenvalue weighted by Gasteiger charge is 2.51. The molecule has 0 bridgehead atoms. The van der Waals surface area contributed by atoms with Crippen molar-refractivity contribution < 1.29 is 69.1 Å². The monoisotopic (exact) mass is 1710 g/mol. The number of ether oxygens (including phenoxy) is 5. The molecule has 0 spiro atoms. The van der Waals surface area contributed by atoms with Gasteiger partial charge >= 0.3 is 47.8 Å². The Morgan fingerprint density at radius 3 is 1.31 bits per heavy atom. The number of benzene rings is 1. The van der Waals surface area contributed by atoms with E-state index in [2.05, 4.69) is 40.2 Å². The van der Waals surface area contributed by atoms with Crippen LogP contribution < -0.4 is 56.3 Å². The summed E-state index contributed by atoms with van der Waals surface area (Å²) in [5.41, 5.74) is 15.4. The summed E-state index contributed by atoms with van der Waals surface area (Å²) >= 11 is 0. The Morgan fingerprint density at radius 2 is 0.878 bits per heavy atom. The predicted molar refractivity (Wildman–Crippen MR) is 422 cm³/mol. The van der Waals surface area contributed by atoms with E-state index in [4.69, 9.17) is 63.5 Å². The third-order valence-electron chi connectivity index (χ3n) is 20.2. The van der Waals surface area contributed by atoms with Crippen LogP contribution in [0.5, 0.6) is 0 Å². The summed E-state index contributed by atoms with van der Waals surface area (Å²) in [6, 6.07) is 6.61. The van der Waals surface area contributed by atoms with Crippen LogP contribution in [0.1, 0.15) is 56.1 Å². The number of nitrogens with two attached hydrogens (primary N) is 3. The molecular formula is C64H102N25O21P5. The molecule has 0 radical (unpaired) electrons. The van der Waals surface area contributed by atoms with E-state index < -0.39 is 159 Å². The fourth-order valence-electron chi connectivity index (χ4n) is 14.1. The SMILES string of the molecule is Cc1cn([C@H]2CN(P(=O)(OC[C@@H]3CN(P(=O)(OC[C@@H]4CN(P(=O)(OC[C@@H]5CN(P(=O)(OC[C@@H]6CNC[C@H](n7cnc8c(=O)[nH]c(N)nc87)O6)N(C)C)C[C@H](n6cnc7c(N)cccc76)O5)N(C)C)C[C@H](n5cc(C)c(=O)[nH]c5=O)O4)N(C)C)C[C@H](n4ccc(N)nc4=O)O3)N(C)C)C[C@@H](COP(=O)(C(C)C)N(C)C)O2)c(=O)[nH]c1=O. The molecule has 11 heterocycles. The molecule has 5 aliphatic rings. The van der Waals surface area contributed by atoms with Crippen molar-refractivity contribution in [1.82, 2.24) is 105 Å². The predicted octanol–water partition coefficient (Wildman–Crippen LogP) is 1.10. The van der Waals surface area contributed by atoms with Crippen molar-refractivity contribution in [2.45, 2.75) is 95.0 Å². The van der Waals surface area contributed by atoms with Gasteiger partial charge in [0, 0.05) is 74.6 Å². The number of hydrogen-bond donors (Lipinski definition) is 7. The van der Waals surface area contributed by atoms with E-state index in [0.29, 0.717) is 16.7 Å². The van der Waals surface area contributed by atoms with Gasteiger partial charge in [0.2, 0.25) is 5.95 Å². The highest BCUT2D eigenvalue weighted by molar-refractivity contribution is 7.57. The zero-order chi connectivity index (χ0) is 83.3. The number of aromatic amines is 3. The number of rotatable bonds is 30. The Labute approximate surface area is 659 Å². The van der Waals surface area contributed by atoms with Crippen LogP contribution in [0.3, 0.4) is 0 Å². The molecule has 7 aromatic rings. The lowest BCUT2D eigenvalue weighted by atomic mass is 10.2. The van der Waals surface area contributed by atoms with Gasteiger partial charge in [0.15, 0.2) is 29.8 Å². The summed E-state index contributed by atoms with van der Waals surface area (Å²) in [6.07, 6.45) is -3.94. The molecule has 5 unspecified atom stereocenters. The summed E-state index contributed by atoms with van der Waals surface area (Å²) in [6.45, 7) is 3.09. The first kappa shape index (κ1) is 87.3. The molecule has 12 rings (SSSR count). The number of H-pyrrole nitrogens is 3. The van der Waals surface area contributed by atoms with E-state index >= 15 is 18.3 Å². The highest BCUT2D eigenvalue weighted by Crippen LogP contribution is 2.60. The van der Waals surface area contributed by atoms with Crippen LogP contribution in [0.2, 0.25) is 0 Å². The smallest absolute Gasteiger partial charge is 0.351 e. The van der Waals surface area contributed by atoms with Crippen molar-refractivity contribution in [2.75, 3.05) is 186 Å². The quantitative estimate of drug-likeness (QED) is 0.0245. The standard InChI is InChI=1S/C64H102N25O21P5/c1-39(2)111(96,76(5)6)101-33-43-24-82(29-52(108-43)86-22-40(3)58(90)74-63(86)94)114(99,79(11)12)103-34-44-25-81(28-51(107-44)85-19-18-49(66)71-62(85)93)113(98,78(9)10)104-35-45-26-83(30-53(109-45)87-23-41(4)59(91)75-64(87)95)115(100,80(13)14)105-36-46-27-84(31-54(110-46)88-37-69-55-47(65)16-15-17-48(55)88)112(97,77(7)8)102-32-42-20-68-21-50(106-42)89-38-70-56-57(89)72-61(67)73-60(56)92/h15-19,22-23,37-39,42-46,50-54,68H,20-21,24-36,65H2,1-14H3,(H2,66,71,93)(H,74,90,94)(H,75,91,95)(H3,67,72,73,92)/t42-,43-,44-,45-,46-,50+,51+,52+,53+,54+,111?,112?,113?,114?,115?/m0/s1. The van der Waals surface area contributed by atoms with Crippen LogP contribution in [0.25, 0.3) is 22.2 Å². The van der Waals surface area contributed by atoms with E-state index in [1.165, 1.54) is 124 Å². The first-order valence-corrected chi connectivity index (χ1v) is 44.5. The van der Waals surface area contributed by atoms with Crippen molar-refractivity contribution in [3.8, 4) is 0 Å². The number of morpholine rings is 5. The van der Waals surface area contributed by atoms with E-state index in [-0.39, 0.29) is 113 Å². The van der Waals surface area contributed by atoms with Crippen molar-refractivity contribution >= 4 is 77.9 Å². The maximum atomic E-state index is 16.3. The second-order valence-electron chi connectivity index (χ2n) is 29.7. The molecule has 5 aliphatic heterocycles. The number of fused-ring (bicyclic) bond motifs is 2. The second-order valence-corrected chi connectivity index (χ2v) is 43.3. The molecule has 115 heavy (non-hydrogen) atoms. The Bertz CT molecular complexity index is 5310. The van der Waals surface area contributed by atoms with Crippen LogP contribution >= 0.6 is 38.2 Å². The van der Waals surface area contributed by atoms with Gasteiger partial charge in [-0.15, -0.1) is 0 Å². The third kappa shape index (κ3) is 18.3. The third-order valence-corrected chi connectivity index (χ3v) is 33.3. The largest absolute Gasteiger partial charge is 0.397 e. The molecule has 51 heteroatoms. The topological polar surface area (TPSA) is 523 Å². The van der Waals surface area contributed by atoms with Gasteiger partial charge in [-0.25, -0.2) is 66.4 Å². The average molecular weight is 1710 g/mol. The average Bonchev–Trinajstić information content (AvgIpc) is 1.75. The van der Waals surface area contributed by atoms with Gasteiger partial charge < -0.3 is 73.4 Å². The van der Waals surface area contributed by atoms with Gasteiger partial charge in [-0.1, -0.05) is 19.9 Å². The highest BCUT2D eigenvalue weighted by atomic mass is 31.2. The lowest BCUT2D eigenvalue weighted by Gasteiger charge is -2.46. The minimum atomic E-state index is -4.46. The zero-order valence-electron chi connectivity index (χ0n) is 66.2. The number of imidazole rings is 2. The second kappa shape index (κ2) is 35.1. The summed E-state index contributed by atoms with van der Waals surface area (Å²) in [5.74, 6) is -0.224. The van der Waals surface area contributed by atoms with E-state index in [0.717, 1.165) is 13.7 Å². The number of aromatic nitrogens is 12. The number of anilines is 3. The molecule has 0 amide bonds. The summed E-state index contributed by atoms with van der Waals surface area (Å²) < 4.78 is 164. The first-order chi connectivity index (χ1) is 54.2. The molecule has 46 nitrogen and oxygen atoms in total. The molecule has 0 saturated carbocycles. The Balaban J connectivity index is 0.813. The number of nitrogens with zero attached hydrogens (tertiary/aromatic N) is 18. The molecule has 10 N–H and O–H groups in total. The van der Waals surface area contributed by atoms with Gasteiger partial charge in [0.25, 0.3) is 24.2 Å². The van der Waals surface area contributed by atoms with Crippen LogP contribution in [-0.4, -0.2) is 305 Å². The molecule has 5 saturated heterocycles. The Morgan fingerprint density at radius 1 is 0.470 bits per heavy atom. The van der Waals surface area contributed by atoms with Crippen LogP contribution in [0.4, 0.5) is 17.5 Å². The molecule has 15 atom stereocenters. The normalized spacial score (nSPS) is 26.1. The lowest BCUT2D eigenvalue weighted by Crippen LogP contribution is -2.52. The van der Waals surface area contributed by atoms with Gasteiger partial charge in [-0.05, 0) is 103 Å². The summed E-state index contributed by atoms with van der Waals surface area (Å²) in [5, 5.41) is 3.31. The fraction of sp³-hybridized carbons (Fsp3) is 0.625.